The lowest BCUT2D eigenvalue weighted by Gasteiger charge is -2.41. The van der Waals surface area contributed by atoms with Crippen LogP contribution in [0.15, 0.2) is 84.1 Å². The summed E-state index contributed by atoms with van der Waals surface area (Å²) in [4.78, 5) is 15.5. The third-order valence-corrected chi connectivity index (χ3v) is 7.21. The van der Waals surface area contributed by atoms with Gasteiger partial charge in [0.2, 0.25) is 0 Å². The normalized spacial score (nSPS) is 19.7. The lowest BCUT2D eigenvalue weighted by atomic mass is 9.86. The molecule has 1 spiro atoms. The summed E-state index contributed by atoms with van der Waals surface area (Å²) >= 11 is 0. The van der Waals surface area contributed by atoms with E-state index in [9.17, 15) is 4.79 Å². The van der Waals surface area contributed by atoms with Gasteiger partial charge in [-0.2, -0.15) is 0 Å². The van der Waals surface area contributed by atoms with Gasteiger partial charge in [0.15, 0.2) is 0 Å². The van der Waals surface area contributed by atoms with Crippen LogP contribution >= 0.6 is 0 Å². The first kappa shape index (κ1) is 21.5. The number of anilines is 2. The van der Waals surface area contributed by atoms with Crippen LogP contribution in [0, 0.1) is 0 Å². The Balaban J connectivity index is 1.27. The predicted octanol–water partition coefficient (Wildman–Crippen LogP) is 4.86. The number of benzene rings is 2. The maximum atomic E-state index is 13.0. The van der Waals surface area contributed by atoms with Crippen LogP contribution in [0.5, 0.6) is 0 Å². The lowest BCUT2D eigenvalue weighted by molar-refractivity contribution is -0.112. The lowest BCUT2D eigenvalue weighted by Crippen LogP contribution is -2.49. The number of nitrogens with one attached hydrogen (secondary N) is 2. The third-order valence-electron chi connectivity index (χ3n) is 7.21. The zero-order valence-corrected chi connectivity index (χ0v) is 19.0. The van der Waals surface area contributed by atoms with Crippen LogP contribution in [-0.2, 0) is 4.79 Å². The Morgan fingerprint density at radius 3 is 2.58 bits per heavy atom. The van der Waals surface area contributed by atoms with Crippen molar-refractivity contribution in [3.05, 3.63) is 84.1 Å². The van der Waals surface area contributed by atoms with E-state index in [0.717, 1.165) is 37.2 Å². The standard InChI is InChI=1S/C28H32N4O/c29-25-13-11-23(21-6-2-1-3-7-21)20-26(25)31-27(33)22-8-4-9-24(12-10-22)32-18-15-28(16-19-32)14-5-17-30-28/h1-4,6-8,10-13,20,30H,5,9,14-19,29H2,(H,31,33). The van der Waals surface area contributed by atoms with Gasteiger partial charge in [0.05, 0.1) is 11.4 Å². The van der Waals surface area contributed by atoms with Crippen LogP contribution < -0.4 is 16.4 Å². The van der Waals surface area contributed by atoms with E-state index in [-0.39, 0.29) is 5.91 Å². The molecule has 4 N–H and O–H groups in total. The first-order chi connectivity index (χ1) is 16.1. The van der Waals surface area contributed by atoms with Gasteiger partial charge in [0.25, 0.3) is 5.91 Å². The molecule has 2 aromatic carbocycles. The summed E-state index contributed by atoms with van der Waals surface area (Å²) < 4.78 is 0. The van der Waals surface area contributed by atoms with Crippen molar-refractivity contribution in [2.75, 3.05) is 30.7 Å². The zero-order valence-electron chi connectivity index (χ0n) is 19.0. The highest BCUT2D eigenvalue weighted by atomic mass is 16.1. The van der Waals surface area contributed by atoms with Gasteiger partial charge in [0, 0.05) is 36.3 Å². The largest absolute Gasteiger partial charge is 0.397 e. The van der Waals surface area contributed by atoms with E-state index in [1.165, 1.54) is 31.4 Å². The second-order valence-electron chi connectivity index (χ2n) is 9.31. The van der Waals surface area contributed by atoms with Gasteiger partial charge in [-0.25, -0.2) is 0 Å². The molecule has 33 heavy (non-hydrogen) atoms. The van der Waals surface area contributed by atoms with Crippen molar-refractivity contribution in [1.29, 1.82) is 0 Å². The van der Waals surface area contributed by atoms with Crippen LogP contribution in [-0.4, -0.2) is 36.0 Å². The third kappa shape index (κ3) is 4.74. The molecule has 2 aliphatic heterocycles. The Morgan fingerprint density at radius 2 is 1.82 bits per heavy atom. The monoisotopic (exact) mass is 440 g/mol. The molecule has 0 unspecified atom stereocenters. The minimum Gasteiger partial charge on any atom is -0.397 e. The Kier molecular flexibility index (Phi) is 6.05. The van der Waals surface area contributed by atoms with Crippen LogP contribution in [0.4, 0.5) is 11.4 Å². The van der Waals surface area contributed by atoms with Gasteiger partial charge in [-0.1, -0.05) is 48.6 Å². The molecule has 2 fully saturated rings. The number of carbonyl (C=O) groups is 1. The molecule has 0 atom stereocenters. The van der Waals surface area contributed by atoms with Crippen LogP contribution in [0.3, 0.4) is 0 Å². The maximum absolute atomic E-state index is 13.0. The first-order valence-electron chi connectivity index (χ1n) is 12.0. The zero-order chi connectivity index (χ0) is 22.7. The fourth-order valence-electron chi connectivity index (χ4n) is 5.19. The number of carbonyl (C=O) groups excluding carboxylic acids is 1. The molecule has 5 heteroatoms. The number of hydrogen-bond donors (Lipinski definition) is 3. The highest BCUT2D eigenvalue weighted by Crippen LogP contribution is 2.33. The molecule has 0 radical (unpaired) electrons. The predicted molar refractivity (Wildman–Crippen MR) is 136 cm³/mol. The Labute approximate surface area is 196 Å². The minimum atomic E-state index is -0.145. The molecule has 3 aliphatic rings. The number of hydrogen-bond acceptors (Lipinski definition) is 4. The van der Waals surface area contributed by atoms with Gasteiger partial charge in [-0.05, 0) is 67.6 Å². The van der Waals surface area contributed by atoms with Crippen molar-refractivity contribution in [3.63, 3.8) is 0 Å². The number of nitrogens with zero attached hydrogens (tertiary/aromatic N) is 1. The van der Waals surface area contributed by atoms with Crippen molar-refractivity contribution >= 4 is 17.3 Å². The number of allylic oxidation sites excluding steroid dienone is 3. The quantitative estimate of drug-likeness (QED) is 0.594. The Morgan fingerprint density at radius 1 is 1.00 bits per heavy atom. The fraction of sp³-hybridized carbons (Fsp3) is 0.321. The molecule has 0 aromatic heterocycles. The summed E-state index contributed by atoms with van der Waals surface area (Å²) in [6, 6.07) is 15.8. The second-order valence-corrected chi connectivity index (χ2v) is 9.31. The molecular formula is C28H32N4O. The first-order valence-corrected chi connectivity index (χ1v) is 12.0. The highest BCUT2D eigenvalue weighted by molar-refractivity contribution is 6.07. The highest BCUT2D eigenvalue weighted by Gasteiger charge is 2.36. The van der Waals surface area contributed by atoms with Crippen LogP contribution in [0.2, 0.25) is 0 Å². The van der Waals surface area contributed by atoms with Gasteiger partial charge >= 0.3 is 0 Å². The minimum absolute atomic E-state index is 0.145. The molecule has 2 aromatic rings. The number of nitrogen functional groups attached to an aromatic ring is 1. The molecule has 5 nitrogen and oxygen atoms in total. The molecule has 0 saturated carbocycles. The van der Waals surface area contributed by atoms with Gasteiger partial charge in [-0.15, -0.1) is 0 Å². The van der Waals surface area contributed by atoms with Gasteiger partial charge in [-0.3, -0.25) is 4.79 Å². The van der Waals surface area contributed by atoms with Gasteiger partial charge < -0.3 is 21.3 Å². The van der Waals surface area contributed by atoms with E-state index < -0.39 is 0 Å². The van der Waals surface area contributed by atoms with Crippen molar-refractivity contribution < 1.29 is 4.79 Å². The number of likely N-dealkylation sites (tertiary alicyclic amines) is 1. The van der Waals surface area contributed by atoms with E-state index in [0.29, 0.717) is 22.5 Å². The topological polar surface area (TPSA) is 70.4 Å². The average molecular weight is 441 g/mol. The number of amides is 1. The van der Waals surface area contributed by atoms with E-state index >= 15 is 0 Å². The summed E-state index contributed by atoms with van der Waals surface area (Å²) in [7, 11) is 0. The summed E-state index contributed by atoms with van der Waals surface area (Å²) in [5.41, 5.74) is 11.8. The molecule has 0 bridgehead atoms. The summed E-state index contributed by atoms with van der Waals surface area (Å²) in [6.45, 7) is 3.31. The Hall–Kier alpha value is -3.31. The van der Waals surface area contributed by atoms with Crippen LogP contribution in [0.25, 0.3) is 11.1 Å². The molecule has 5 rings (SSSR count). The van der Waals surface area contributed by atoms with E-state index in [1.54, 1.807) is 0 Å². The SMILES string of the molecule is Nc1ccc(-c2ccccc2)cc1NC(=O)C1=CC=C(N2CCC3(CCCN3)CC2)CC=C1. The van der Waals surface area contributed by atoms with Crippen molar-refractivity contribution in [2.24, 2.45) is 0 Å². The molecule has 2 heterocycles. The number of rotatable bonds is 4. The molecule has 170 valence electrons. The number of nitrogens with two attached hydrogens (primary N) is 1. The van der Waals surface area contributed by atoms with Crippen LogP contribution in [0.1, 0.15) is 32.1 Å². The van der Waals surface area contributed by atoms with E-state index in [4.69, 9.17) is 5.73 Å². The maximum Gasteiger partial charge on any atom is 0.255 e. The van der Waals surface area contributed by atoms with E-state index in [1.807, 2.05) is 60.7 Å². The van der Waals surface area contributed by atoms with Crippen molar-refractivity contribution in [1.82, 2.24) is 10.2 Å². The summed E-state index contributed by atoms with van der Waals surface area (Å²) in [5, 5.41) is 6.75. The molecule has 2 saturated heterocycles. The molecule has 1 aliphatic carbocycles. The van der Waals surface area contributed by atoms with Crippen molar-refractivity contribution in [3.8, 4) is 11.1 Å². The Bertz CT molecular complexity index is 1100. The number of piperidine rings is 1. The fourth-order valence-corrected chi connectivity index (χ4v) is 5.19. The van der Waals surface area contributed by atoms with Gasteiger partial charge in [0.1, 0.15) is 0 Å². The van der Waals surface area contributed by atoms with Crippen molar-refractivity contribution in [2.45, 2.75) is 37.6 Å². The summed E-state index contributed by atoms with van der Waals surface area (Å²) in [5.74, 6) is -0.145. The smallest absolute Gasteiger partial charge is 0.255 e. The molecular weight excluding hydrogens is 408 g/mol. The molecule has 1 amide bonds. The second kappa shape index (κ2) is 9.28. The van der Waals surface area contributed by atoms with E-state index in [2.05, 4.69) is 27.7 Å². The summed E-state index contributed by atoms with van der Waals surface area (Å²) in [6.07, 6.45) is 13.9. The average Bonchev–Trinajstić information content (AvgIpc) is 3.15.